The lowest BCUT2D eigenvalue weighted by Crippen LogP contribution is -2.44. The van der Waals surface area contributed by atoms with E-state index in [-0.39, 0.29) is 5.97 Å². The van der Waals surface area contributed by atoms with Gasteiger partial charge in [0.25, 0.3) is 0 Å². The predicted molar refractivity (Wildman–Crippen MR) is 70.1 cm³/mol. The van der Waals surface area contributed by atoms with Gasteiger partial charge >= 0.3 is 5.97 Å². The van der Waals surface area contributed by atoms with Crippen LogP contribution in [0.2, 0.25) is 0 Å². The molecule has 1 rings (SSSR count). The molecule has 3 nitrogen and oxygen atoms in total. The molecule has 94 valence electrons. The first-order chi connectivity index (χ1) is 8.01. The Morgan fingerprint density at radius 1 is 1.41 bits per heavy atom. The first-order valence-corrected chi connectivity index (χ1v) is 6.04. The van der Waals surface area contributed by atoms with Crippen LogP contribution in [0, 0.1) is 6.92 Å². The molecule has 1 unspecified atom stereocenters. The molecule has 0 aromatic heterocycles. The lowest BCUT2D eigenvalue weighted by Gasteiger charge is -2.28. The molecule has 1 aromatic carbocycles. The number of hydrogen-bond donors (Lipinski definition) is 1. The summed E-state index contributed by atoms with van der Waals surface area (Å²) < 4.78 is 5.10. The van der Waals surface area contributed by atoms with Crippen LogP contribution in [0.15, 0.2) is 24.3 Å². The molecule has 0 bridgehead atoms. The zero-order valence-electron chi connectivity index (χ0n) is 11.0. The molecule has 3 heteroatoms. The van der Waals surface area contributed by atoms with Gasteiger partial charge in [-0.25, -0.2) is 4.79 Å². The van der Waals surface area contributed by atoms with Crippen LogP contribution < -0.4 is 5.32 Å². The first-order valence-electron chi connectivity index (χ1n) is 6.04. The average molecular weight is 235 g/mol. The Morgan fingerprint density at radius 3 is 2.65 bits per heavy atom. The van der Waals surface area contributed by atoms with Crippen molar-refractivity contribution in [2.45, 2.75) is 39.7 Å². The molecule has 17 heavy (non-hydrogen) atoms. The summed E-state index contributed by atoms with van der Waals surface area (Å²) in [6.45, 7) is 8.09. The molecular formula is C14H21NO2. The second-order valence-electron chi connectivity index (χ2n) is 4.40. The quantitative estimate of drug-likeness (QED) is 0.797. The van der Waals surface area contributed by atoms with Gasteiger partial charge in [-0.2, -0.15) is 0 Å². The maximum absolute atomic E-state index is 11.9. The molecule has 0 radical (unpaired) electrons. The van der Waals surface area contributed by atoms with E-state index in [1.807, 2.05) is 52.0 Å². The van der Waals surface area contributed by atoms with Crippen LogP contribution in [0.5, 0.6) is 0 Å². The van der Waals surface area contributed by atoms with Gasteiger partial charge in [0.05, 0.1) is 6.61 Å². The van der Waals surface area contributed by atoms with Crippen LogP contribution in [0.1, 0.15) is 32.8 Å². The largest absolute Gasteiger partial charge is 0.464 e. The molecule has 0 heterocycles. The Hall–Kier alpha value is -1.51. The molecular weight excluding hydrogens is 214 g/mol. The highest BCUT2D eigenvalue weighted by molar-refractivity contribution is 5.84. The minimum atomic E-state index is -0.663. The van der Waals surface area contributed by atoms with Gasteiger partial charge in [0.15, 0.2) is 0 Å². The third-order valence-electron chi connectivity index (χ3n) is 2.87. The highest BCUT2D eigenvalue weighted by Gasteiger charge is 2.32. The zero-order chi connectivity index (χ0) is 12.9. The fourth-order valence-corrected chi connectivity index (χ4v) is 1.62. The fraction of sp³-hybridized carbons (Fsp3) is 0.500. The number of carbonyl (C=O) groups is 1. The summed E-state index contributed by atoms with van der Waals surface area (Å²) in [6.07, 6.45) is 0.680. The SMILES string of the molecule is CCOC(=O)C(C)(CC)Nc1cccc(C)c1. The van der Waals surface area contributed by atoms with Crippen LogP contribution in [0.4, 0.5) is 5.69 Å². The maximum atomic E-state index is 11.9. The molecule has 0 aliphatic carbocycles. The monoisotopic (exact) mass is 235 g/mol. The van der Waals surface area contributed by atoms with Crippen LogP contribution in [-0.2, 0) is 9.53 Å². The van der Waals surface area contributed by atoms with Crippen molar-refractivity contribution in [3.05, 3.63) is 29.8 Å². The lowest BCUT2D eigenvalue weighted by molar-refractivity contribution is -0.148. The number of anilines is 1. The Morgan fingerprint density at radius 2 is 2.12 bits per heavy atom. The predicted octanol–water partition coefficient (Wildman–Crippen LogP) is 3.14. The molecule has 1 atom stereocenters. The maximum Gasteiger partial charge on any atom is 0.331 e. The minimum Gasteiger partial charge on any atom is -0.464 e. The summed E-state index contributed by atoms with van der Waals surface area (Å²) in [5.74, 6) is -0.205. The highest BCUT2D eigenvalue weighted by Crippen LogP contribution is 2.20. The summed E-state index contributed by atoms with van der Waals surface area (Å²) in [6, 6.07) is 7.98. The van der Waals surface area contributed by atoms with Crippen molar-refractivity contribution in [1.29, 1.82) is 0 Å². The number of esters is 1. The minimum absolute atomic E-state index is 0.205. The van der Waals surface area contributed by atoms with Crippen LogP contribution in [0.3, 0.4) is 0 Å². The van der Waals surface area contributed by atoms with Gasteiger partial charge in [0, 0.05) is 5.69 Å². The summed E-state index contributed by atoms with van der Waals surface area (Å²) in [7, 11) is 0. The number of benzene rings is 1. The lowest BCUT2D eigenvalue weighted by atomic mass is 9.98. The second kappa shape index (κ2) is 5.71. The van der Waals surface area contributed by atoms with E-state index >= 15 is 0 Å². The molecule has 0 aliphatic heterocycles. The Balaban J connectivity index is 2.85. The highest BCUT2D eigenvalue weighted by atomic mass is 16.5. The summed E-state index contributed by atoms with van der Waals surface area (Å²) >= 11 is 0. The van der Waals surface area contributed by atoms with Gasteiger partial charge in [-0.15, -0.1) is 0 Å². The number of nitrogens with one attached hydrogen (secondary N) is 1. The number of rotatable bonds is 5. The van der Waals surface area contributed by atoms with Gasteiger partial charge in [-0.1, -0.05) is 19.1 Å². The molecule has 0 amide bonds. The third kappa shape index (κ3) is 3.48. The Labute approximate surface area is 103 Å². The van der Waals surface area contributed by atoms with Crippen LogP contribution in [-0.4, -0.2) is 18.1 Å². The molecule has 0 aliphatic rings. The number of carbonyl (C=O) groups excluding carboxylic acids is 1. The van der Waals surface area contributed by atoms with Gasteiger partial charge in [-0.3, -0.25) is 0 Å². The smallest absolute Gasteiger partial charge is 0.331 e. The Bertz CT molecular complexity index is 390. The van der Waals surface area contributed by atoms with Gasteiger partial charge in [0.1, 0.15) is 5.54 Å². The standard InChI is InChI=1S/C14H21NO2/c1-5-14(4,13(16)17-6-2)15-12-9-7-8-11(3)10-12/h7-10,15H,5-6H2,1-4H3. The second-order valence-corrected chi connectivity index (χ2v) is 4.40. The number of hydrogen-bond acceptors (Lipinski definition) is 3. The van der Waals surface area contributed by atoms with Crippen LogP contribution >= 0.6 is 0 Å². The summed E-state index contributed by atoms with van der Waals surface area (Å²) in [4.78, 5) is 11.9. The van der Waals surface area contributed by atoms with Crippen molar-refractivity contribution < 1.29 is 9.53 Å². The summed E-state index contributed by atoms with van der Waals surface area (Å²) in [5, 5.41) is 3.26. The van der Waals surface area contributed by atoms with E-state index in [9.17, 15) is 4.79 Å². The normalized spacial score (nSPS) is 13.9. The Kier molecular flexibility index (Phi) is 4.55. The van der Waals surface area contributed by atoms with Crippen molar-refractivity contribution in [3.8, 4) is 0 Å². The van der Waals surface area contributed by atoms with E-state index in [0.717, 1.165) is 11.3 Å². The van der Waals surface area contributed by atoms with Crippen molar-refractivity contribution in [1.82, 2.24) is 0 Å². The number of aryl methyl sites for hydroxylation is 1. The van der Waals surface area contributed by atoms with Crippen molar-refractivity contribution in [3.63, 3.8) is 0 Å². The third-order valence-corrected chi connectivity index (χ3v) is 2.87. The van der Waals surface area contributed by atoms with E-state index in [2.05, 4.69) is 5.32 Å². The molecule has 1 N–H and O–H groups in total. The van der Waals surface area contributed by atoms with Gasteiger partial charge in [-0.05, 0) is 44.9 Å². The topological polar surface area (TPSA) is 38.3 Å². The zero-order valence-corrected chi connectivity index (χ0v) is 11.0. The van der Waals surface area contributed by atoms with Crippen molar-refractivity contribution in [2.75, 3.05) is 11.9 Å². The first kappa shape index (κ1) is 13.6. The molecule has 0 fully saturated rings. The molecule has 0 saturated carbocycles. The van der Waals surface area contributed by atoms with E-state index < -0.39 is 5.54 Å². The van der Waals surface area contributed by atoms with E-state index in [4.69, 9.17) is 4.74 Å². The number of ether oxygens (including phenoxy) is 1. The average Bonchev–Trinajstić information content (AvgIpc) is 2.29. The van der Waals surface area contributed by atoms with Gasteiger partial charge < -0.3 is 10.1 Å². The van der Waals surface area contributed by atoms with Gasteiger partial charge in [0.2, 0.25) is 0 Å². The van der Waals surface area contributed by atoms with E-state index in [1.54, 1.807) is 0 Å². The van der Waals surface area contributed by atoms with Crippen molar-refractivity contribution >= 4 is 11.7 Å². The molecule has 0 spiro atoms. The van der Waals surface area contributed by atoms with E-state index in [1.165, 1.54) is 0 Å². The fourth-order valence-electron chi connectivity index (χ4n) is 1.62. The van der Waals surface area contributed by atoms with Crippen molar-refractivity contribution in [2.24, 2.45) is 0 Å². The molecule has 0 saturated heterocycles. The molecule has 1 aromatic rings. The summed E-state index contributed by atoms with van der Waals surface area (Å²) in [5.41, 5.74) is 1.45. The van der Waals surface area contributed by atoms with E-state index in [0.29, 0.717) is 13.0 Å². The van der Waals surface area contributed by atoms with Crippen LogP contribution in [0.25, 0.3) is 0 Å².